The van der Waals surface area contributed by atoms with Crippen LogP contribution in [0, 0.1) is 5.82 Å². The van der Waals surface area contributed by atoms with Gasteiger partial charge in [0.2, 0.25) is 0 Å². The number of ether oxygens (including phenoxy) is 1. The molecule has 0 aliphatic carbocycles. The summed E-state index contributed by atoms with van der Waals surface area (Å²) in [5.74, 6) is 0.286. The lowest BCUT2D eigenvalue weighted by atomic mass is 10.3. The fourth-order valence-electron chi connectivity index (χ4n) is 1.71. The Bertz CT molecular complexity index is 746. The summed E-state index contributed by atoms with van der Waals surface area (Å²) in [4.78, 5) is 8.46. The maximum Gasteiger partial charge on any atom is 0.263 e. The fourth-order valence-corrected chi connectivity index (χ4v) is 1.71. The smallest absolute Gasteiger partial charge is 0.263 e. The zero-order valence-corrected chi connectivity index (χ0v) is 9.88. The van der Waals surface area contributed by atoms with E-state index in [4.69, 9.17) is 10.5 Å². The zero-order valence-electron chi connectivity index (χ0n) is 9.88. The van der Waals surface area contributed by atoms with Crippen LogP contribution in [0.2, 0.25) is 0 Å². The Kier molecular flexibility index (Phi) is 2.72. The van der Waals surface area contributed by atoms with E-state index < -0.39 is 0 Å². The highest BCUT2D eigenvalue weighted by atomic mass is 19.1. The summed E-state index contributed by atoms with van der Waals surface area (Å²) in [7, 11) is 0. The molecule has 0 amide bonds. The minimum absolute atomic E-state index is 0.169. The van der Waals surface area contributed by atoms with Gasteiger partial charge in [0, 0.05) is 6.07 Å². The topological polar surface area (TPSA) is 61.0 Å². The molecule has 94 valence electrons. The van der Waals surface area contributed by atoms with Gasteiger partial charge >= 0.3 is 0 Å². The first-order valence-corrected chi connectivity index (χ1v) is 5.68. The molecule has 0 bridgehead atoms. The molecule has 2 N–H and O–H groups in total. The number of hydrogen-bond acceptors (Lipinski definition) is 4. The van der Waals surface area contributed by atoms with Crippen molar-refractivity contribution in [3.63, 3.8) is 0 Å². The van der Waals surface area contributed by atoms with Crippen LogP contribution >= 0.6 is 0 Å². The third-order valence-electron chi connectivity index (χ3n) is 2.57. The average Bonchev–Trinajstić information content (AvgIpc) is 2.40. The van der Waals surface area contributed by atoms with Crippen LogP contribution < -0.4 is 10.5 Å². The maximum absolute atomic E-state index is 13.1. The molecule has 0 fully saturated rings. The van der Waals surface area contributed by atoms with Crippen LogP contribution in [0.4, 0.5) is 10.2 Å². The van der Waals surface area contributed by atoms with Crippen LogP contribution in [-0.2, 0) is 0 Å². The van der Waals surface area contributed by atoms with Crippen LogP contribution in [-0.4, -0.2) is 9.97 Å². The van der Waals surface area contributed by atoms with Gasteiger partial charge in [-0.15, -0.1) is 0 Å². The summed E-state index contributed by atoms with van der Waals surface area (Å²) in [6.45, 7) is 0. The van der Waals surface area contributed by atoms with Crippen molar-refractivity contribution < 1.29 is 9.13 Å². The average molecular weight is 255 g/mol. The highest BCUT2D eigenvalue weighted by molar-refractivity contribution is 5.76. The lowest BCUT2D eigenvalue weighted by Gasteiger charge is -2.07. The van der Waals surface area contributed by atoms with Crippen LogP contribution in [0.3, 0.4) is 0 Å². The number of nitrogens with two attached hydrogens (primary N) is 1. The number of halogens is 1. The summed E-state index contributed by atoms with van der Waals surface area (Å²) in [5.41, 5.74) is 7.14. The monoisotopic (exact) mass is 255 g/mol. The molecule has 0 aliphatic heterocycles. The molecule has 5 heteroatoms. The van der Waals surface area contributed by atoms with Gasteiger partial charge in [0.15, 0.2) is 5.82 Å². The van der Waals surface area contributed by atoms with E-state index in [1.54, 1.807) is 18.2 Å². The second kappa shape index (κ2) is 4.53. The molecular formula is C14H10FN3O. The number of anilines is 1. The molecule has 2 aromatic carbocycles. The summed E-state index contributed by atoms with van der Waals surface area (Å²) in [6, 6.07) is 13.1. The molecule has 1 aromatic heterocycles. The Balaban J connectivity index is 2.03. The SMILES string of the molecule is Nc1nc2ccccc2nc1Oc1cccc(F)c1. The lowest BCUT2D eigenvalue weighted by molar-refractivity contribution is 0.461. The summed E-state index contributed by atoms with van der Waals surface area (Å²) >= 11 is 0. The van der Waals surface area contributed by atoms with E-state index in [0.29, 0.717) is 16.8 Å². The highest BCUT2D eigenvalue weighted by Gasteiger charge is 2.08. The number of fused-ring (bicyclic) bond motifs is 1. The molecule has 3 rings (SSSR count). The third-order valence-corrected chi connectivity index (χ3v) is 2.57. The van der Waals surface area contributed by atoms with Crippen molar-refractivity contribution in [2.45, 2.75) is 0 Å². The van der Waals surface area contributed by atoms with Gasteiger partial charge in [0.25, 0.3) is 5.88 Å². The fraction of sp³-hybridized carbons (Fsp3) is 0. The van der Waals surface area contributed by atoms with Crippen LogP contribution in [0.25, 0.3) is 11.0 Å². The molecule has 3 aromatic rings. The summed E-state index contributed by atoms with van der Waals surface area (Å²) < 4.78 is 18.5. The molecule has 0 aliphatic rings. The summed E-state index contributed by atoms with van der Waals surface area (Å²) in [5, 5.41) is 0. The Hall–Kier alpha value is -2.69. The number of aromatic nitrogens is 2. The van der Waals surface area contributed by atoms with Gasteiger partial charge in [-0.25, -0.2) is 14.4 Å². The van der Waals surface area contributed by atoms with Gasteiger partial charge in [-0.05, 0) is 24.3 Å². The second-order valence-corrected chi connectivity index (χ2v) is 3.96. The molecule has 19 heavy (non-hydrogen) atoms. The molecule has 1 heterocycles. The number of hydrogen-bond donors (Lipinski definition) is 1. The Morgan fingerprint density at radius 1 is 0.947 bits per heavy atom. The van der Waals surface area contributed by atoms with Crippen LogP contribution in [0.1, 0.15) is 0 Å². The minimum atomic E-state index is -0.384. The van der Waals surface area contributed by atoms with E-state index in [1.165, 1.54) is 12.1 Å². The van der Waals surface area contributed by atoms with Crippen molar-refractivity contribution in [1.82, 2.24) is 9.97 Å². The predicted octanol–water partition coefficient (Wildman–Crippen LogP) is 3.14. The first kappa shape index (κ1) is 11.4. The minimum Gasteiger partial charge on any atom is -0.436 e. The number of benzene rings is 2. The Morgan fingerprint density at radius 3 is 2.42 bits per heavy atom. The molecule has 0 saturated carbocycles. The Labute approximate surface area is 108 Å². The first-order valence-electron chi connectivity index (χ1n) is 5.68. The number of nitrogens with zero attached hydrogens (tertiary/aromatic N) is 2. The van der Waals surface area contributed by atoms with Gasteiger partial charge in [-0.1, -0.05) is 18.2 Å². The van der Waals surface area contributed by atoms with Gasteiger partial charge in [-0.2, -0.15) is 0 Å². The van der Waals surface area contributed by atoms with Crippen molar-refractivity contribution >= 4 is 16.9 Å². The zero-order chi connectivity index (χ0) is 13.2. The third kappa shape index (κ3) is 2.30. The van der Waals surface area contributed by atoms with Gasteiger partial charge in [0.05, 0.1) is 11.0 Å². The largest absolute Gasteiger partial charge is 0.436 e. The van der Waals surface area contributed by atoms with Crippen LogP contribution in [0.15, 0.2) is 48.5 Å². The molecule has 4 nitrogen and oxygen atoms in total. The van der Waals surface area contributed by atoms with Gasteiger partial charge in [0.1, 0.15) is 11.6 Å². The first-order chi connectivity index (χ1) is 9.22. The molecule has 0 spiro atoms. The van der Waals surface area contributed by atoms with E-state index >= 15 is 0 Å². The Morgan fingerprint density at radius 2 is 1.68 bits per heavy atom. The standard InChI is InChI=1S/C14H10FN3O/c15-9-4-3-5-10(8-9)19-14-13(16)17-11-6-1-2-7-12(11)18-14/h1-8H,(H2,16,17). The maximum atomic E-state index is 13.1. The van der Waals surface area contributed by atoms with Gasteiger partial charge in [-0.3, -0.25) is 0 Å². The van der Waals surface area contributed by atoms with Crippen molar-refractivity contribution in [3.8, 4) is 11.6 Å². The summed E-state index contributed by atoms with van der Waals surface area (Å²) in [6.07, 6.45) is 0. The van der Waals surface area contributed by atoms with Gasteiger partial charge < -0.3 is 10.5 Å². The van der Waals surface area contributed by atoms with E-state index in [1.807, 2.05) is 18.2 Å². The lowest BCUT2D eigenvalue weighted by Crippen LogP contribution is -1.99. The van der Waals surface area contributed by atoms with Crippen molar-refractivity contribution in [3.05, 3.63) is 54.3 Å². The predicted molar refractivity (Wildman–Crippen MR) is 70.4 cm³/mol. The van der Waals surface area contributed by atoms with Crippen molar-refractivity contribution in [1.29, 1.82) is 0 Å². The normalized spacial score (nSPS) is 10.6. The number of para-hydroxylation sites is 2. The van der Waals surface area contributed by atoms with Crippen LogP contribution in [0.5, 0.6) is 11.6 Å². The number of nitrogen functional groups attached to an aromatic ring is 1. The molecule has 0 saturated heterocycles. The van der Waals surface area contributed by atoms with E-state index in [9.17, 15) is 4.39 Å². The van der Waals surface area contributed by atoms with Crippen molar-refractivity contribution in [2.24, 2.45) is 0 Å². The molecule has 0 atom stereocenters. The molecular weight excluding hydrogens is 245 g/mol. The van der Waals surface area contributed by atoms with E-state index in [0.717, 1.165) is 0 Å². The highest BCUT2D eigenvalue weighted by Crippen LogP contribution is 2.26. The van der Waals surface area contributed by atoms with Crippen molar-refractivity contribution in [2.75, 3.05) is 5.73 Å². The second-order valence-electron chi connectivity index (χ2n) is 3.96. The molecule has 0 radical (unpaired) electrons. The number of rotatable bonds is 2. The molecule has 0 unspecified atom stereocenters. The van der Waals surface area contributed by atoms with E-state index in [2.05, 4.69) is 9.97 Å². The quantitative estimate of drug-likeness (QED) is 0.764. The van der Waals surface area contributed by atoms with E-state index in [-0.39, 0.29) is 17.5 Å².